The van der Waals surface area contributed by atoms with E-state index in [0.29, 0.717) is 5.78 Å². The molecular formula is C14H16O. The second-order valence-corrected chi connectivity index (χ2v) is 5.22. The van der Waals surface area contributed by atoms with Crippen molar-refractivity contribution in [3.8, 4) is 0 Å². The highest BCUT2D eigenvalue weighted by molar-refractivity contribution is 6.04. The Kier molecular flexibility index (Phi) is 1.66. The Morgan fingerprint density at radius 1 is 1.13 bits per heavy atom. The normalized spacial score (nSPS) is 21.6. The smallest absolute Gasteiger partial charge is 0.169 e. The summed E-state index contributed by atoms with van der Waals surface area (Å²) >= 11 is 0. The van der Waals surface area contributed by atoms with E-state index in [9.17, 15) is 4.79 Å². The molecule has 0 aromatic heterocycles. The number of carbonyl (C=O) groups excluding carboxylic acids is 1. The molecule has 2 aliphatic carbocycles. The second kappa shape index (κ2) is 2.72. The second-order valence-electron chi connectivity index (χ2n) is 5.22. The molecule has 0 unspecified atom stereocenters. The van der Waals surface area contributed by atoms with Crippen LogP contribution >= 0.6 is 0 Å². The minimum atomic E-state index is 0.0766. The van der Waals surface area contributed by atoms with Gasteiger partial charge in [-0.25, -0.2) is 0 Å². The maximum atomic E-state index is 12.3. The zero-order chi connectivity index (χ0) is 10.6. The van der Waals surface area contributed by atoms with Gasteiger partial charge in [-0.15, -0.1) is 0 Å². The molecule has 78 valence electrons. The van der Waals surface area contributed by atoms with Gasteiger partial charge in [0.25, 0.3) is 0 Å². The lowest BCUT2D eigenvalue weighted by atomic mass is 9.78. The van der Waals surface area contributed by atoms with Crippen LogP contribution in [0.1, 0.15) is 46.3 Å². The molecule has 2 aliphatic rings. The number of rotatable bonds is 0. The van der Waals surface area contributed by atoms with Crippen molar-refractivity contribution in [2.75, 3.05) is 0 Å². The van der Waals surface area contributed by atoms with E-state index in [4.69, 9.17) is 0 Å². The van der Waals surface area contributed by atoms with Crippen LogP contribution in [0, 0.1) is 19.3 Å². The first kappa shape index (κ1) is 9.14. The van der Waals surface area contributed by atoms with Gasteiger partial charge in [0.05, 0.1) is 0 Å². The lowest BCUT2D eigenvalue weighted by Gasteiger charge is -2.24. The maximum Gasteiger partial charge on any atom is 0.169 e. The fraction of sp³-hybridized carbons (Fsp3) is 0.500. The van der Waals surface area contributed by atoms with Crippen LogP contribution in [0.2, 0.25) is 0 Å². The summed E-state index contributed by atoms with van der Waals surface area (Å²) in [5.74, 6) is 0.426. The van der Waals surface area contributed by atoms with E-state index in [1.165, 1.54) is 16.7 Å². The molecule has 3 rings (SSSR count). The third-order valence-corrected chi connectivity index (χ3v) is 4.05. The zero-order valence-electron chi connectivity index (χ0n) is 9.39. The number of hydrogen-bond acceptors (Lipinski definition) is 1. The first-order valence-corrected chi connectivity index (χ1v) is 5.77. The number of Topliss-reactive ketones (excluding diaryl/α,β-unsaturated/α-hetero) is 1. The summed E-state index contributed by atoms with van der Waals surface area (Å²) in [7, 11) is 0. The summed E-state index contributed by atoms with van der Waals surface area (Å²) in [5, 5.41) is 0. The number of hydrogen-bond donors (Lipinski definition) is 0. The average molecular weight is 200 g/mol. The highest BCUT2D eigenvalue weighted by Gasteiger charge is 2.51. The topological polar surface area (TPSA) is 17.1 Å². The van der Waals surface area contributed by atoms with Crippen LogP contribution in [0.15, 0.2) is 12.1 Å². The number of carbonyl (C=O) groups is 1. The summed E-state index contributed by atoms with van der Waals surface area (Å²) in [6.07, 6.45) is 4.44. The van der Waals surface area contributed by atoms with Crippen molar-refractivity contribution in [3.05, 3.63) is 34.4 Å². The van der Waals surface area contributed by atoms with Gasteiger partial charge in [-0.1, -0.05) is 11.6 Å². The summed E-state index contributed by atoms with van der Waals surface area (Å²) in [6.45, 7) is 4.21. The molecule has 0 amide bonds. The largest absolute Gasteiger partial charge is 0.294 e. The molecule has 0 saturated heterocycles. The average Bonchev–Trinajstić information content (AvgIpc) is 2.94. The van der Waals surface area contributed by atoms with Gasteiger partial charge in [-0.05, 0) is 56.7 Å². The lowest BCUT2D eigenvalue weighted by molar-refractivity contribution is 0.0880. The Hall–Kier alpha value is -1.11. The number of benzene rings is 1. The van der Waals surface area contributed by atoms with Gasteiger partial charge in [0.15, 0.2) is 5.78 Å². The Balaban J connectivity index is 2.18. The molecule has 1 nitrogen and oxygen atoms in total. The number of fused-ring (bicyclic) bond motifs is 1. The van der Waals surface area contributed by atoms with Crippen molar-refractivity contribution >= 4 is 5.78 Å². The Morgan fingerprint density at radius 3 is 2.53 bits per heavy atom. The SMILES string of the molecule is Cc1cc(C)c2c(c1)C(=O)C1(CC2)CC1. The molecule has 1 fully saturated rings. The molecule has 0 aliphatic heterocycles. The minimum absolute atomic E-state index is 0.0766. The standard InChI is InChI=1S/C14H16O/c1-9-7-10(2)11-3-4-14(5-6-14)13(15)12(11)8-9/h7-8H,3-6H2,1-2H3. The van der Waals surface area contributed by atoms with Crippen LogP contribution in [-0.4, -0.2) is 5.78 Å². The van der Waals surface area contributed by atoms with Crippen molar-refractivity contribution in [3.63, 3.8) is 0 Å². The van der Waals surface area contributed by atoms with Crippen LogP contribution in [-0.2, 0) is 6.42 Å². The van der Waals surface area contributed by atoms with Gasteiger partial charge in [-0.3, -0.25) is 4.79 Å². The van der Waals surface area contributed by atoms with E-state index in [1.807, 2.05) is 0 Å². The van der Waals surface area contributed by atoms with Crippen LogP contribution in [0.25, 0.3) is 0 Å². The highest BCUT2D eigenvalue weighted by atomic mass is 16.1. The minimum Gasteiger partial charge on any atom is -0.294 e. The van der Waals surface area contributed by atoms with E-state index in [0.717, 1.165) is 31.2 Å². The Labute approximate surface area is 90.5 Å². The van der Waals surface area contributed by atoms with Gasteiger partial charge in [0.1, 0.15) is 0 Å². The van der Waals surface area contributed by atoms with E-state index in [2.05, 4.69) is 26.0 Å². The summed E-state index contributed by atoms with van der Waals surface area (Å²) < 4.78 is 0. The van der Waals surface area contributed by atoms with Crippen molar-refractivity contribution in [1.82, 2.24) is 0 Å². The van der Waals surface area contributed by atoms with Crippen LogP contribution in [0.5, 0.6) is 0 Å². The van der Waals surface area contributed by atoms with E-state index >= 15 is 0 Å². The van der Waals surface area contributed by atoms with Gasteiger partial charge in [0.2, 0.25) is 0 Å². The molecule has 1 saturated carbocycles. The van der Waals surface area contributed by atoms with Crippen molar-refractivity contribution < 1.29 is 4.79 Å². The van der Waals surface area contributed by atoms with Crippen molar-refractivity contribution in [1.29, 1.82) is 0 Å². The third kappa shape index (κ3) is 1.19. The number of ketones is 1. The fourth-order valence-corrected chi connectivity index (χ4v) is 2.92. The molecule has 1 heteroatoms. The molecular weight excluding hydrogens is 184 g/mol. The first-order valence-electron chi connectivity index (χ1n) is 5.77. The number of aryl methyl sites for hydroxylation is 2. The van der Waals surface area contributed by atoms with E-state index in [1.54, 1.807) is 0 Å². The maximum absolute atomic E-state index is 12.3. The molecule has 0 bridgehead atoms. The van der Waals surface area contributed by atoms with Crippen LogP contribution in [0.3, 0.4) is 0 Å². The van der Waals surface area contributed by atoms with E-state index in [-0.39, 0.29) is 5.41 Å². The molecule has 1 aromatic carbocycles. The Bertz CT molecular complexity index is 453. The summed E-state index contributed by atoms with van der Waals surface area (Å²) in [4.78, 5) is 12.3. The zero-order valence-corrected chi connectivity index (χ0v) is 9.39. The quantitative estimate of drug-likeness (QED) is 0.628. The van der Waals surface area contributed by atoms with Crippen LogP contribution < -0.4 is 0 Å². The Morgan fingerprint density at radius 2 is 1.87 bits per heavy atom. The molecule has 1 aromatic rings. The predicted octanol–water partition coefficient (Wildman–Crippen LogP) is 3.21. The van der Waals surface area contributed by atoms with E-state index < -0.39 is 0 Å². The fourth-order valence-electron chi connectivity index (χ4n) is 2.92. The molecule has 0 atom stereocenters. The third-order valence-electron chi connectivity index (χ3n) is 4.05. The molecule has 1 spiro atoms. The first-order chi connectivity index (χ1) is 7.12. The molecule has 0 heterocycles. The molecule has 15 heavy (non-hydrogen) atoms. The van der Waals surface area contributed by atoms with Crippen LogP contribution in [0.4, 0.5) is 0 Å². The van der Waals surface area contributed by atoms with Gasteiger partial charge in [0, 0.05) is 11.0 Å². The van der Waals surface area contributed by atoms with Gasteiger partial charge < -0.3 is 0 Å². The predicted molar refractivity (Wildman–Crippen MR) is 60.2 cm³/mol. The molecule has 0 N–H and O–H groups in total. The monoisotopic (exact) mass is 200 g/mol. The van der Waals surface area contributed by atoms with Crippen molar-refractivity contribution in [2.45, 2.75) is 39.5 Å². The summed E-state index contributed by atoms with van der Waals surface area (Å²) in [5.41, 5.74) is 4.93. The highest BCUT2D eigenvalue weighted by Crippen LogP contribution is 2.54. The lowest BCUT2D eigenvalue weighted by Crippen LogP contribution is -2.24. The van der Waals surface area contributed by atoms with Gasteiger partial charge in [-0.2, -0.15) is 0 Å². The molecule has 0 radical (unpaired) electrons. The van der Waals surface area contributed by atoms with Gasteiger partial charge >= 0.3 is 0 Å². The summed E-state index contributed by atoms with van der Waals surface area (Å²) in [6, 6.07) is 4.28. The van der Waals surface area contributed by atoms with Crippen molar-refractivity contribution in [2.24, 2.45) is 5.41 Å².